The summed E-state index contributed by atoms with van der Waals surface area (Å²) >= 11 is 0. The van der Waals surface area contributed by atoms with Gasteiger partial charge >= 0.3 is 5.97 Å². The highest BCUT2D eigenvalue weighted by Gasteiger charge is 2.14. The molecule has 2 rings (SSSR count). The van der Waals surface area contributed by atoms with Gasteiger partial charge in [0.1, 0.15) is 0 Å². The minimum atomic E-state index is -0.875. The van der Waals surface area contributed by atoms with Gasteiger partial charge in [-0.15, -0.1) is 0 Å². The Balaban J connectivity index is 2.59. The van der Waals surface area contributed by atoms with Gasteiger partial charge < -0.3 is 15.4 Å². The molecule has 2 aromatic rings. The maximum Gasteiger partial charge on any atom is 0.336 e. The van der Waals surface area contributed by atoms with Crippen LogP contribution in [0.1, 0.15) is 41.3 Å². The van der Waals surface area contributed by atoms with Crippen molar-refractivity contribution in [2.24, 2.45) is 5.73 Å². The zero-order valence-electron chi connectivity index (χ0n) is 12.1. The first-order chi connectivity index (χ1) is 9.58. The summed E-state index contributed by atoms with van der Waals surface area (Å²) < 4.78 is 2.08. The van der Waals surface area contributed by atoms with E-state index >= 15 is 0 Å². The summed E-state index contributed by atoms with van der Waals surface area (Å²) in [6, 6.07) is 3.77. The van der Waals surface area contributed by atoms with E-state index in [4.69, 9.17) is 5.73 Å². The predicted molar refractivity (Wildman–Crippen MR) is 81.3 cm³/mol. The third-order valence-corrected chi connectivity index (χ3v) is 3.71. The maximum atomic E-state index is 11.3. The SMILES string of the molecule is CCCCc1cn(CCN)c2cc(C(=O)O)c(C)cc12. The van der Waals surface area contributed by atoms with Crippen LogP contribution in [0.15, 0.2) is 18.3 Å². The largest absolute Gasteiger partial charge is 0.478 e. The maximum absolute atomic E-state index is 11.3. The van der Waals surface area contributed by atoms with Crippen LogP contribution in [0.5, 0.6) is 0 Å². The molecular weight excluding hydrogens is 252 g/mol. The summed E-state index contributed by atoms with van der Waals surface area (Å²) in [6.07, 6.45) is 5.44. The normalized spacial score (nSPS) is 11.2. The average molecular weight is 274 g/mol. The number of nitrogens with two attached hydrogens (primary N) is 1. The van der Waals surface area contributed by atoms with Crippen LogP contribution in [0, 0.1) is 6.92 Å². The lowest BCUT2D eigenvalue weighted by Crippen LogP contribution is -2.09. The Kier molecular flexibility index (Phi) is 4.45. The second-order valence-electron chi connectivity index (χ2n) is 5.23. The van der Waals surface area contributed by atoms with Gasteiger partial charge in [0.2, 0.25) is 0 Å². The van der Waals surface area contributed by atoms with Crippen molar-refractivity contribution >= 4 is 16.9 Å². The summed E-state index contributed by atoms with van der Waals surface area (Å²) in [5.41, 5.74) is 9.10. The van der Waals surface area contributed by atoms with Crippen LogP contribution in [0.2, 0.25) is 0 Å². The van der Waals surface area contributed by atoms with Crippen LogP contribution in [-0.4, -0.2) is 22.2 Å². The summed E-state index contributed by atoms with van der Waals surface area (Å²) in [4.78, 5) is 11.3. The number of aromatic nitrogens is 1. The number of unbranched alkanes of at least 4 members (excludes halogenated alkanes) is 1. The van der Waals surface area contributed by atoms with Crippen LogP contribution < -0.4 is 5.73 Å². The zero-order valence-corrected chi connectivity index (χ0v) is 12.1. The molecule has 0 saturated carbocycles. The first kappa shape index (κ1) is 14.6. The molecule has 0 atom stereocenters. The van der Waals surface area contributed by atoms with E-state index in [0.717, 1.165) is 35.7 Å². The van der Waals surface area contributed by atoms with Crippen molar-refractivity contribution in [2.75, 3.05) is 6.54 Å². The number of hydrogen-bond acceptors (Lipinski definition) is 2. The number of aromatic carboxylic acids is 1. The van der Waals surface area contributed by atoms with Crippen molar-refractivity contribution in [1.82, 2.24) is 4.57 Å². The van der Waals surface area contributed by atoms with E-state index in [1.807, 2.05) is 13.0 Å². The molecule has 4 heteroatoms. The van der Waals surface area contributed by atoms with Crippen LogP contribution in [0.25, 0.3) is 10.9 Å². The highest BCUT2D eigenvalue weighted by atomic mass is 16.4. The average Bonchev–Trinajstić information content (AvgIpc) is 2.73. The summed E-state index contributed by atoms with van der Waals surface area (Å²) in [6.45, 7) is 5.29. The Labute approximate surface area is 119 Å². The van der Waals surface area contributed by atoms with E-state index < -0.39 is 5.97 Å². The van der Waals surface area contributed by atoms with Crippen molar-refractivity contribution in [3.05, 3.63) is 35.0 Å². The fourth-order valence-corrected chi connectivity index (χ4v) is 2.64. The third kappa shape index (κ3) is 2.70. The van der Waals surface area contributed by atoms with E-state index in [9.17, 15) is 9.90 Å². The van der Waals surface area contributed by atoms with Crippen LogP contribution in [0.4, 0.5) is 0 Å². The second-order valence-corrected chi connectivity index (χ2v) is 5.23. The number of carboxylic acid groups (broad SMARTS) is 1. The summed E-state index contributed by atoms with van der Waals surface area (Å²) in [5.74, 6) is -0.875. The van der Waals surface area contributed by atoms with Gasteiger partial charge in [0.25, 0.3) is 0 Å². The van der Waals surface area contributed by atoms with Gasteiger partial charge in [-0.3, -0.25) is 0 Å². The molecule has 0 spiro atoms. The zero-order chi connectivity index (χ0) is 14.7. The molecule has 20 heavy (non-hydrogen) atoms. The van der Waals surface area contributed by atoms with E-state index in [1.165, 1.54) is 5.56 Å². The molecule has 0 radical (unpaired) electrons. The Hall–Kier alpha value is -1.81. The van der Waals surface area contributed by atoms with Gasteiger partial charge in [0.05, 0.1) is 5.56 Å². The van der Waals surface area contributed by atoms with Crippen molar-refractivity contribution in [3.63, 3.8) is 0 Å². The highest BCUT2D eigenvalue weighted by Crippen LogP contribution is 2.26. The Morgan fingerprint density at radius 3 is 2.75 bits per heavy atom. The molecule has 1 heterocycles. The van der Waals surface area contributed by atoms with Crippen molar-refractivity contribution in [3.8, 4) is 0 Å². The van der Waals surface area contributed by atoms with Gasteiger partial charge in [-0.05, 0) is 43.0 Å². The minimum absolute atomic E-state index is 0.371. The smallest absolute Gasteiger partial charge is 0.336 e. The monoisotopic (exact) mass is 274 g/mol. The Morgan fingerprint density at radius 1 is 1.40 bits per heavy atom. The lowest BCUT2D eigenvalue weighted by atomic mass is 10.0. The molecule has 0 aliphatic heterocycles. The molecule has 0 unspecified atom stereocenters. The Bertz CT molecular complexity index is 629. The molecule has 0 aliphatic carbocycles. The number of hydrogen-bond donors (Lipinski definition) is 2. The molecule has 0 bridgehead atoms. The number of nitrogens with zero attached hydrogens (tertiary/aromatic N) is 1. The van der Waals surface area contributed by atoms with E-state index in [0.29, 0.717) is 18.7 Å². The van der Waals surface area contributed by atoms with Crippen LogP contribution in [0.3, 0.4) is 0 Å². The topological polar surface area (TPSA) is 68.2 Å². The van der Waals surface area contributed by atoms with Gasteiger partial charge in [-0.2, -0.15) is 0 Å². The van der Waals surface area contributed by atoms with Crippen LogP contribution >= 0.6 is 0 Å². The van der Waals surface area contributed by atoms with Crippen LogP contribution in [-0.2, 0) is 13.0 Å². The number of aryl methyl sites for hydroxylation is 2. The Morgan fingerprint density at radius 2 is 2.15 bits per heavy atom. The van der Waals surface area contributed by atoms with E-state index in [-0.39, 0.29) is 0 Å². The first-order valence-electron chi connectivity index (χ1n) is 7.14. The van der Waals surface area contributed by atoms with Gasteiger partial charge in [0.15, 0.2) is 0 Å². The molecule has 1 aromatic carbocycles. The quantitative estimate of drug-likeness (QED) is 0.851. The third-order valence-electron chi connectivity index (χ3n) is 3.71. The summed E-state index contributed by atoms with van der Waals surface area (Å²) in [5, 5.41) is 10.4. The molecule has 0 fully saturated rings. The molecule has 0 aliphatic rings. The van der Waals surface area contributed by atoms with E-state index in [2.05, 4.69) is 17.7 Å². The number of carboxylic acids is 1. The minimum Gasteiger partial charge on any atom is -0.478 e. The number of carbonyl (C=O) groups is 1. The molecule has 0 saturated heterocycles. The standard InChI is InChI=1S/C16H22N2O2/c1-3-4-5-12-10-18(7-6-17)15-9-13(16(19)20)11(2)8-14(12)15/h8-10H,3-7,17H2,1-2H3,(H,19,20). The molecule has 1 aromatic heterocycles. The highest BCUT2D eigenvalue weighted by molar-refractivity contribution is 5.96. The summed E-state index contributed by atoms with van der Waals surface area (Å²) in [7, 11) is 0. The number of rotatable bonds is 6. The van der Waals surface area contributed by atoms with Crippen molar-refractivity contribution < 1.29 is 9.90 Å². The van der Waals surface area contributed by atoms with Gasteiger partial charge in [-0.25, -0.2) is 4.79 Å². The number of benzene rings is 1. The molecular formula is C16H22N2O2. The fourth-order valence-electron chi connectivity index (χ4n) is 2.64. The fraction of sp³-hybridized carbons (Fsp3) is 0.438. The lowest BCUT2D eigenvalue weighted by Gasteiger charge is -2.06. The lowest BCUT2D eigenvalue weighted by molar-refractivity contribution is 0.0696. The van der Waals surface area contributed by atoms with E-state index in [1.54, 1.807) is 6.07 Å². The van der Waals surface area contributed by atoms with Gasteiger partial charge in [-0.1, -0.05) is 13.3 Å². The predicted octanol–water partition coefficient (Wildman–Crippen LogP) is 2.95. The van der Waals surface area contributed by atoms with Gasteiger partial charge in [0, 0.05) is 30.2 Å². The van der Waals surface area contributed by atoms with Crippen molar-refractivity contribution in [2.45, 2.75) is 39.7 Å². The second kappa shape index (κ2) is 6.09. The first-order valence-corrected chi connectivity index (χ1v) is 7.14. The molecule has 108 valence electrons. The van der Waals surface area contributed by atoms with Crippen molar-refractivity contribution in [1.29, 1.82) is 0 Å². The number of fused-ring (bicyclic) bond motifs is 1. The molecule has 4 nitrogen and oxygen atoms in total. The molecule has 3 N–H and O–H groups in total. The molecule has 0 amide bonds.